The third-order valence-electron chi connectivity index (χ3n) is 2.16. The summed E-state index contributed by atoms with van der Waals surface area (Å²) in [6.07, 6.45) is 1.13. The molecule has 1 aromatic heterocycles. The van der Waals surface area contributed by atoms with Crippen molar-refractivity contribution in [3.05, 3.63) is 16.1 Å². The van der Waals surface area contributed by atoms with Gasteiger partial charge in [-0.1, -0.05) is 0 Å². The van der Waals surface area contributed by atoms with E-state index in [0.717, 1.165) is 49.9 Å². The Hall–Kier alpha value is -0.490. The molecule has 0 fully saturated rings. The third kappa shape index (κ3) is 6.17. The van der Waals surface area contributed by atoms with Gasteiger partial charge in [-0.05, 0) is 26.4 Å². The predicted octanol–water partition coefficient (Wildman–Crippen LogP) is 1.17. The van der Waals surface area contributed by atoms with E-state index in [-0.39, 0.29) is 0 Å². The van der Waals surface area contributed by atoms with Crippen molar-refractivity contribution in [3.63, 3.8) is 0 Å². The van der Waals surface area contributed by atoms with Gasteiger partial charge in [0.05, 0.1) is 17.3 Å². The summed E-state index contributed by atoms with van der Waals surface area (Å²) >= 11 is 1.70. The Morgan fingerprint density at radius 2 is 2.12 bits per heavy atom. The first-order valence-electron chi connectivity index (χ1n) is 5.64. The molecule has 0 atom stereocenters. The van der Waals surface area contributed by atoms with Gasteiger partial charge in [0, 0.05) is 25.6 Å². The van der Waals surface area contributed by atoms with Gasteiger partial charge in [-0.3, -0.25) is 0 Å². The van der Waals surface area contributed by atoms with E-state index < -0.39 is 0 Å². The van der Waals surface area contributed by atoms with Gasteiger partial charge in [0.15, 0.2) is 0 Å². The predicted molar refractivity (Wildman–Crippen MR) is 67.9 cm³/mol. The van der Waals surface area contributed by atoms with E-state index in [2.05, 4.69) is 21.0 Å². The van der Waals surface area contributed by atoms with Crippen LogP contribution >= 0.6 is 11.3 Å². The summed E-state index contributed by atoms with van der Waals surface area (Å²) in [4.78, 5) is 4.39. The molecule has 1 heterocycles. The monoisotopic (exact) mass is 243 g/mol. The lowest BCUT2D eigenvalue weighted by Gasteiger charge is -2.04. The number of aryl methyl sites for hydroxylation is 1. The van der Waals surface area contributed by atoms with Gasteiger partial charge in [0.1, 0.15) is 0 Å². The zero-order chi connectivity index (χ0) is 11.6. The molecule has 0 bridgehead atoms. The molecule has 0 unspecified atom stereocenters. The van der Waals surface area contributed by atoms with E-state index in [1.807, 2.05) is 6.92 Å². The van der Waals surface area contributed by atoms with Gasteiger partial charge in [-0.15, -0.1) is 11.3 Å². The second-order valence-electron chi connectivity index (χ2n) is 3.63. The first kappa shape index (κ1) is 13.6. The number of methoxy groups -OCH3 is 1. The number of thiazole rings is 1. The van der Waals surface area contributed by atoms with Crippen LogP contribution in [0.4, 0.5) is 0 Å². The highest BCUT2D eigenvalue weighted by Gasteiger charge is 1.96. The molecule has 0 saturated carbocycles. The third-order valence-corrected chi connectivity index (χ3v) is 2.99. The normalized spacial score (nSPS) is 10.9. The Balaban J connectivity index is 1.88. The molecular weight excluding hydrogens is 222 g/mol. The number of nitrogens with one attached hydrogen (secondary N) is 2. The lowest BCUT2D eigenvalue weighted by molar-refractivity contribution is 0.199. The fourth-order valence-corrected chi connectivity index (χ4v) is 1.96. The van der Waals surface area contributed by atoms with Gasteiger partial charge in [0.2, 0.25) is 0 Å². The van der Waals surface area contributed by atoms with Crippen molar-refractivity contribution in [3.8, 4) is 0 Å². The van der Waals surface area contributed by atoms with Crippen LogP contribution in [0.2, 0.25) is 0 Å². The van der Waals surface area contributed by atoms with E-state index in [1.165, 1.54) is 0 Å². The van der Waals surface area contributed by atoms with Gasteiger partial charge < -0.3 is 15.4 Å². The van der Waals surface area contributed by atoms with Crippen molar-refractivity contribution in [1.82, 2.24) is 15.6 Å². The van der Waals surface area contributed by atoms with Gasteiger partial charge in [0.25, 0.3) is 0 Å². The van der Waals surface area contributed by atoms with E-state index in [9.17, 15) is 0 Å². The van der Waals surface area contributed by atoms with Crippen LogP contribution < -0.4 is 10.6 Å². The summed E-state index contributed by atoms with van der Waals surface area (Å²) in [5, 5.41) is 9.94. The Labute approximate surface area is 101 Å². The molecule has 5 heteroatoms. The molecule has 1 aromatic rings. The number of hydrogen-bond acceptors (Lipinski definition) is 5. The SMILES string of the molecule is COCCNCCCNCc1csc(C)n1. The second kappa shape index (κ2) is 8.64. The Morgan fingerprint density at radius 1 is 1.31 bits per heavy atom. The van der Waals surface area contributed by atoms with Crippen molar-refractivity contribution >= 4 is 11.3 Å². The lowest BCUT2D eigenvalue weighted by Crippen LogP contribution is -2.24. The van der Waals surface area contributed by atoms with Crippen molar-refractivity contribution in [2.45, 2.75) is 19.9 Å². The molecule has 0 radical (unpaired) electrons. The highest BCUT2D eigenvalue weighted by atomic mass is 32.1. The fraction of sp³-hybridized carbons (Fsp3) is 0.727. The quantitative estimate of drug-likeness (QED) is 0.639. The molecule has 2 N–H and O–H groups in total. The van der Waals surface area contributed by atoms with Crippen LogP contribution in [-0.4, -0.2) is 38.3 Å². The molecule has 0 saturated heterocycles. The molecule has 0 amide bonds. The van der Waals surface area contributed by atoms with Crippen LogP contribution in [0.5, 0.6) is 0 Å². The summed E-state index contributed by atoms with van der Waals surface area (Å²) in [7, 11) is 1.72. The molecule has 0 aliphatic rings. The van der Waals surface area contributed by atoms with Crippen LogP contribution in [0, 0.1) is 6.92 Å². The molecule has 0 spiro atoms. The molecule has 1 rings (SSSR count). The first-order valence-corrected chi connectivity index (χ1v) is 6.52. The van der Waals surface area contributed by atoms with E-state index in [1.54, 1.807) is 18.4 Å². The maximum Gasteiger partial charge on any atom is 0.0897 e. The molecule has 92 valence electrons. The summed E-state index contributed by atoms with van der Waals surface area (Å²) in [6, 6.07) is 0. The largest absolute Gasteiger partial charge is 0.383 e. The minimum absolute atomic E-state index is 0.783. The van der Waals surface area contributed by atoms with Crippen molar-refractivity contribution in [2.24, 2.45) is 0 Å². The van der Waals surface area contributed by atoms with Crippen LogP contribution in [0.25, 0.3) is 0 Å². The average Bonchev–Trinajstić information content (AvgIpc) is 2.68. The molecule has 4 nitrogen and oxygen atoms in total. The highest BCUT2D eigenvalue weighted by molar-refractivity contribution is 7.09. The number of rotatable bonds is 9. The lowest BCUT2D eigenvalue weighted by atomic mass is 10.4. The average molecular weight is 243 g/mol. The topological polar surface area (TPSA) is 46.2 Å². The van der Waals surface area contributed by atoms with Crippen LogP contribution in [-0.2, 0) is 11.3 Å². The number of ether oxygens (including phenoxy) is 1. The van der Waals surface area contributed by atoms with Crippen LogP contribution in [0.1, 0.15) is 17.1 Å². The molecule has 16 heavy (non-hydrogen) atoms. The standard InChI is InChI=1S/C11H21N3OS/c1-10-14-11(9-16-10)8-13-5-3-4-12-6-7-15-2/h9,12-13H,3-8H2,1-2H3. The Bertz CT molecular complexity index is 278. The Kier molecular flexibility index (Phi) is 7.33. The fourth-order valence-electron chi connectivity index (χ4n) is 1.34. The van der Waals surface area contributed by atoms with Crippen LogP contribution in [0.3, 0.4) is 0 Å². The zero-order valence-corrected chi connectivity index (χ0v) is 10.9. The number of hydrogen-bond donors (Lipinski definition) is 2. The smallest absolute Gasteiger partial charge is 0.0897 e. The molecule has 0 aliphatic heterocycles. The molecule has 0 aromatic carbocycles. The van der Waals surface area contributed by atoms with Gasteiger partial charge in [-0.25, -0.2) is 4.98 Å². The summed E-state index contributed by atoms with van der Waals surface area (Å²) < 4.78 is 4.94. The van der Waals surface area contributed by atoms with Crippen molar-refractivity contribution < 1.29 is 4.74 Å². The van der Waals surface area contributed by atoms with E-state index in [4.69, 9.17) is 4.74 Å². The van der Waals surface area contributed by atoms with Crippen molar-refractivity contribution in [2.75, 3.05) is 33.4 Å². The van der Waals surface area contributed by atoms with E-state index in [0.29, 0.717) is 0 Å². The minimum atomic E-state index is 0.783. The first-order chi connectivity index (χ1) is 7.83. The number of nitrogens with zero attached hydrogens (tertiary/aromatic N) is 1. The summed E-state index contributed by atoms with van der Waals surface area (Å²) in [6.45, 7) is 6.69. The van der Waals surface area contributed by atoms with E-state index >= 15 is 0 Å². The van der Waals surface area contributed by atoms with Gasteiger partial charge >= 0.3 is 0 Å². The van der Waals surface area contributed by atoms with Gasteiger partial charge in [-0.2, -0.15) is 0 Å². The zero-order valence-electron chi connectivity index (χ0n) is 10.1. The second-order valence-corrected chi connectivity index (χ2v) is 4.69. The van der Waals surface area contributed by atoms with Crippen LogP contribution in [0.15, 0.2) is 5.38 Å². The Morgan fingerprint density at radius 3 is 2.81 bits per heavy atom. The minimum Gasteiger partial charge on any atom is -0.383 e. The summed E-state index contributed by atoms with van der Waals surface area (Å²) in [5.74, 6) is 0. The number of aromatic nitrogens is 1. The maximum atomic E-state index is 4.94. The maximum absolute atomic E-state index is 4.94. The molecular formula is C11H21N3OS. The molecule has 0 aliphatic carbocycles. The highest BCUT2D eigenvalue weighted by Crippen LogP contribution is 2.06. The summed E-state index contributed by atoms with van der Waals surface area (Å²) in [5.41, 5.74) is 1.15. The van der Waals surface area contributed by atoms with Crippen molar-refractivity contribution in [1.29, 1.82) is 0 Å².